The number of pyridine rings is 1. The lowest BCUT2D eigenvalue weighted by Crippen LogP contribution is -2.47. The maximum absolute atomic E-state index is 12.9. The third-order valence-corrected chi connectivity index (χ3v) is 5.74. The Bertz CT molecular complexity index is 1110. The van der Waals surface area contributed by atoms with Gasteiger partial charge in [0.05, 0.1) is 13.2 Å². The predicted octanol–water partition coefficient (Wildman–Crippen LogP) is 3.09. The Morgan fingerprint density at radius 3 is 2.52 bits per heavy atom. The lowest BCUT2D eigenvalue weighted by molar-refractivity contribution is -0.160. The molecule has 160 valence electrons. The van der Waals surface area contributed by atoms with Crippen molar-refractivity contribution in [2.24, 2.45) is 0 Å². The predicted molar refractivity (Wildman–Crippen MR) is 113 cm³/mol. The maximum atomic E-state index is 12.9. The Balaban J connectivity index is 1.62. The quantitative estimate of drug-likeness (QED) is 0.632. The summed E-state index contributed by atoms with van der Waals surface area (Å²) in [7, 11) is 1.64. The van der Waals surface area contributed by atoms with Crippen molar-refractivity contribution in [1.82, 2.24) is 24.6 Å². The standard InChI is InChI=1S/C23H25N5O3/c1-14-5-4-6-19(24-14)28-23(25-15(2)26-28)22-21(16-7-11-18(30-3)12-8-16)27(17-9-10-17)20(29)13-31-22/h4-8,11-12,17,21-22H,9-10,13H2,1-3H3/t21-,22+/m1/s1. The third kappa shape index (κ3) is 3.67. The molecule has 3 aromatic rings. The van der Waals surface area contributed by atoms with E-state index in [9.17, 15) is 4.79 Å². The molecule has 0 unspecified atom stereocenters. The van der Waals surface area contributed by atoms with E-state index >= 15 is 0 Å². The van der Waals surface area contributed by atoms with Gasteiger partial charge in [0.15, 0.2) is 11.6 Å². The van der Waals surface area contributed by atoms with Crippen LogP contribution in [0.1, 0.15) is 47.9 Å². The van der Waals surface area contributed by atoms with Crippen molar-refractivity contribution in [2.45, 2.75) is 44.9 Å². The van der Waals surface area contributed by atoms with Crippen molar-refractivity contribution in [1.29, 1.82) is 0 Å². The zero-order valence-corrected chi connectivity index (χ0v) is 17.9. The van der Waals surface area contributed by atoms with Gasteiger partial charge < -0.3 is 14.4 Å². The van der Waals surface area contributed by atoms with Crippen LogP contribution in [-0.2, 0) is 9.53 Å². The molecule has 2 aromatic heterocycles. The summed E-state index contributed by atoms with van der Waals surface area (Å²) in [6, 6.07) is 13.5. The Morgan fingerprint density at radius 1 is 1.06 bits per heavy atom. The molecule has 1 aliphatic heterocycles. The Morgan fingerprint density at radius 2 is 1.84 bits per heavy atom. The number of morpholine rings is 1. The highest BCUT2D eigenvalue weighted by Gasteiger charge is 2.47. The van der Waals surface area contributed by atoms with E-state index in [-0.39, 0.29) is 24.6 Å². The van der Waals surface area contributed by atoms with E-state index in [4.69, 9.17) is 14.5 Å². The molecule has 31 heavy (non-hydrogen) atoms. The van der Waals surface area contributed by atoms with E-state index in [1.54, 1.807) is 11.8 Å². The van der Waals surface area contributed by atoms with Crippen LogP contribution in [0.25, 0.3) is 5.82 Å². The van der Waals surface area contributed by atoms with E-state index in [0.717, 1.165) is 29.8 Å². The van der Waals surface area contributed by atoms with Gasteiger partial charge in [-0.1, -0.05) is 18.2 Å². The molecule has 1 saturated heterocycles. The van der Waals surface area contributed by atoms with Gasteiger partial charge in [-0.25, -0.2) is 9.97 Å². The molecule has 0 bridgehead atoms. The number of hydrogen-bond acceptors (Lipinski definition) is 6. The highest BCUT2D eigenvalue weighted by Crippen LogP contribution is 2.45. The minimum atomic E-state index is -0.463. The molecule has 1 aliphatic carbocycles. The summed E-state index contributed by atoms with van der Waals surface area (Å²) in [5, 5.41) is 4.60. The number of nitrogens with zero attached hydrogens (tertiary/aromatic N) is 5. The number of aromatic nitrogens is 4. The van der Waals surface area contributed by atoms with Crippen LogP contribution in [0.5, 0.6) is 5.75 Å². The van der Waals surface area contributed by atoms with Crippen LogP contribution in [0.4, 0.5) is 0 Å². The first-order valence-electron chi connectivity index (χ1n) is 10.5. The molecule has 0 N–H and O–H groups in total. The molecule has 1 saturated carbocycles. The van der Waals surface area contributed by atoms with Crippen LogP contribution < -0.4 is 4.74 Å². The summed E-state index contributed by atoms with van der Waals surface area (Å²) >= 11 is 0. The first-order valence-corrected chi connectivity index (χ1v) is 10.5. The summed E-state index contributed by atoms with van der Waals surface area (Å²) in [6.45, 7) is 3.82. The number of benzene rings is 1. The molecule has 2 atom stereocenters. The number of amides is 1. The van der Waals surface area contributed by atoms with E-state index in [0.29, 0.717) is 17.5 Å². The van der Waals surface area contributed by atoms with Gasteiger partial charge in [-0.3, -0.25) is 4.79 Å². The molecular formula is C23H25N5O3. The van der Waals surface area contributed by atoms with Gasteiger partial charge in [0.2, 0.25) is 5.91 Å². The van der Waals surface area contributed by atoms with E-state index in [1.165, 1.54) is 0 Å². The zero-order valence-electron chi connectivity index (χ0n) is 17.9. The van der Waals surface area contributed by atoms with Crippen molar-refractivity contribution in [3.05, 3.63) is 65.4 Å². The average molecular weight is 419 g/mol. The Kier molecular flexibility index (Phi) is 4.94. The highest BCUT2D eigenvalue weighted by molar-refractivity contribution is 5.79. The van der Waals surface area contributed by atoms with Gasteiger partial charge >= 0.3 is 0 Å². The second-order valence-corrected chi connectivity index (χ2v) is 8.05. The second-order valence-electron chi connectivity index (χ2n) is 8.05. The zero-order chi connectivity index (χ0) is 21.5. The number of methoxy groups -OCH3 is 1. The van der Waals surface area contributed by atoms with Crippen molar-refractivity contribution in [3.63, 3.8) is 0 Å². The number of rotatable bonds is 5. The van der Waals surface area contributed by atoms with Crippen molar-refractivity contribution in [3.8, 4) is 11.6 Å². The fraction of sp³-hybridized carbons (Fsp3) is 0.391. The number of aryl methyl sites for hydroxylation is 2. The number of ether oxygens (including phenoxy) is 2. The van der Waals surface area contributed by atoms with E-state index in [1.807, 2.05) is 61.2 Å². The first kappa shape index (κ1) is 19.7. The lowest BCUT2D eigenvalue weighted by atomic mass is 9.96. The van der Waals surface area contributed by atoms with E-state index in [2.05, 4.69) is 10.1 Å². The van der Waals surface area contributed by atoms with Crippen LogP contribution in [0.3, 0.4) is 0 Å². The number of carbonyl (C=O) groups is 1. The first-order chi connectivity index (χ1) is 15.0. The fourth-order valence-electron chi connectivity index (χ4n) is 4.19. The number of hydrogen-bond donors (Lipinski definition) is 0. The van der Waals surface area contributed by atoms with Crippen molar-refractivity contribution < 1.29 is 14.3 Å². The average Bonchev–Trinajstić information content (AvgIpc) is 3.54. The molecule has 2 aliphatic rings. The van der Waals surface area contributed by atoms with Crippen LogP contribution in [0.15, 0.2) is 42.5 Å². The molecule has 2 fully saturated rings. The molecule has 8 nitrogen and oxygen atoms in total. The normalized spacial score (nSPS) is 21.4. The second kappa shape index (κ2) is 7.77. The van der Waals surface area contributed by atoms with Gasteiger partial charge in [0.25, 0.3) is 0 Å². The smallest absolute Gasteiger partial charge is 0.249 e. The van der Waals surface area contributed by atoms with Gasteiger partial charge in [0.1, 0.15) is 24.3 Å². The summed E-state index contributed by atoms with van der Waals surface area (Å²) in [4.78, 5) is 24.2. The van der Waals surface area contributed by atoms with Crippen molar-refractivity contribution in [2.75, 3.05) is 13.7 Å². The highest BCUT2D eigenvalue weighted by atomic mass is 16.5. The maximum Gasteiger partial charge on any atom is 0.249 e. The van der Waals surface area contributed by atoms with Gasteiger partial charge in [0, 0.05) is 11.7 Å². The topological polar surface area (TPSA) is 82.4 Å². The van der Waals surface area contributed by atoms with Gasteiger partial charge in [-0.2, -0.15) is 4.68 Å². The molecule has 0 spiro atoms. The Labute approximate surface area is 180 Å². The fourth-order valence-corrected chi connectivity index (χ4v) is 4.19. The molecule has 5 rings (SSSR count). The van der Waals surface area contributed by atoms with Crippen LogP contribution in [-0.4, -0.2) is 50.3 Å². The van der Waals surface area contributed by atoms with Crippen molar-refractivity contribution >= 4 is 5.91 Å². The molecule has 8 heteroatoms. The molecule has 0 radical (unpaired) electrons. The summed E-state index contributed by atoms with van der Waals surface area (Å²) in [5.74, 6) is 2.74. The van der Waals surface area contributed by atoms with Crippen LogP contribution in [0, 0.1) is 13.8 Å². The summed E-state index contributed by atoms with van der Waals surface area (Å²) < 4.78 is 13.2. The lowest BCUT2D eigenvalue weighted by Gasteiger charge is -2.41. The monoisotopic (exact) mass is 419 g/mol. The molecule has 1 amide bonds. The SMILES string of the molecule is COc1ccc([C@@H]2[C@@H](c3nc(C)nn3-c3cccc(C)n3)OCC(=O)N2C2CC2)cc1. The Hall–Kier alpha value is -3.26. The third-order valence-electron chi connectivity index (χ3n) is 5.74. The van der Waals surface area contributed by atoms with Gasteiger partial charge in [-0.15, -0.1) is 5.10 Å². The minimum Gasteiger partial charge on any atom is -0.497 e. The van der Waals surface area contributed by atoms with Crippen LogP contribution >= 0.6 is 0 Å². The summed E-state index contributed by atoms with van der Waals surface area (Å²) in [6.07, 6.45) is 1.56. The molecule has 1 aromatic carbocycles. The van der Waals surface area contributed by atoms with E-state index < -0.39 is 6.10 Å². The summed E-state index contributed by atoms with van der Waals surface area (Å²) in [5.41, 5.74) is 1.87. The van der Waals surface area contributed by atoms with Gasteiger partial charge in [-0.05, 0) is 56.5 Å². The number of carbonyl (C=O) groups excluding carboxylic acids is 1. The molecule has 3 heterocycles. The van der Waals surface area contributed by atoms with Crippen LogP contribution in [0.2, 0.25) is 0 Å². The minimum absolute atomic E-state index is 0.0102. The molecular weight excluding hydrogens is 394 g/mol. The largest absolute Gasteiger partial charge is 0.497 e.